The predicted octanol–water partition coefficient (Wildman–Crippen LogP) is 4.31. The molecule has 0 bridgehead atoms. The number of esters is 2. The van der Waals surface area contributed by atoms with Crippen LogP contribution in [0, 0.1) is 0 Å². The van der Waals surface area contributed by atoms with Crippen molar-refractivity contribution < 1.29 is 23.8 Å². The van der Waals surface area contributed by atoms with Crippen molar-refractivity contribution in [3.05, 3.63) is 72.3 Å². The highest BCUT2D eigenvalue weighted by Gasteiger charge is 2.09. The summed E-state index contributed by atoms with van der Waals surface area (Å²) in [4.78, 5) is 23.1. The van der Waals surface area contributed by atoms with Crippen molar-refractivity contribution >= 4 is 11.9 Å². The van der Waals surface area contributed by atoms with Gasteiger partial charge in [0.25, 0.3) is 0 Å². The molecular formula is C21H22O5. The molecule has 0 heterocycles. The monoisotopic (exact) mass is 354 g/mol. The minimum absolute atomic E-state index is 0.223. The average Bonchev–Trinajstić information content (AvgIpc) is 2.67. The Morgan fingerprint density at radius 3 is 2.27 bits per heavy atom. The fourth-order valence-corrected chi connectivity index (χ4v) is 2.17. The van der Waals surface area contributed by atoms with Gasteiger partial charge >= 0.3 is 11.9 Å². The van der Waals surface area contributed by atoms with Crippen molar-refractivity contribution in [1.82, 2.24) is 0 Å². The van der Waals surface area contributed by atoms with Crippen molar-refractivity contribution in [3.8, 4) is 11.5 Å². The van der Waals surface area contributed by atoms with E-state index in [2.05, 4.69) is 13.5 Å². The van der Waals surface area contributed by atoms with Crippen molar-refractivity contribution in [2.24, 2.45) is 0 Å². The van der Waals surface area contributed by atoms with E-state index >= 15 is 0 Å². The fraction of sp³-hybridized carbons (Fsp3) is 0.238. The fourth-order valence-electron chi connectivity index (χ4n) is 2.17. The number of rotatable bonds is 9. The zero-order valence-corrected chi connectivity index (χ0v) is 14.8. The number of aryl methyl sites for hydroxylation is 1. The second-order valence-electron chi connectivity index (χ2n) is 5.59. The highest BCUT2D eigenvalue weighted by molar-refractivity contribution is 5.91. The third-order valence-corrected chi connectivity index (χ3v) is 3.64. The number of unbranched alkanes of at least 4 members (excludes halogenated alkanes) is 1. The van der Waals surface area contributed by atoms with Gasteiger partial charge in [0.1, 0.15) is 11.5 Å². The van der Waals surface area contributed by atoms with Crippen LogP contribution in [0.15, 0.2) is 61.2 Å². The Morgan fingerprint density at radius 2 is 1.65 bits per heavy atom. The Hall–Kier alpha value is -3.08. The van der Waals surface area contributed by atoms with Crippen LogP contribution in [-0.2, 0) is 16.0 Å². The van der Waals surface area contributed by atoms with Crippen LogP contribution in [-0.4, -0.2) is 18.7 Å². The lowest BCUT2D eigenvalue weighted by Crippen LogP contribution is -2.09. The van der Waals surface area contributed by atoms with Gasteiger partial charge in [-0.1, -0.05) is 32.1 Å². The topological polar surface area (TPSA) is 61.8 Å². The summed E-state index contributed by atoms with van der Waals surface area (Å²) in [6.45, 7) is 5.22. The first-order valence-corrected chi connectivity index (χ1v) is 8.45. The first-order chi connectivity index (χ1) is 12.6. The van der Waals surface area contributed by atoms with E-state index in [1.807, 2.05) is 12.1 Å². The summed E-state index contributed by atoms with van der Waals surface area (Å²) < 4.78 is 15.3. The third kappa shape index (κ3) is 6.09. The van der Waals surface area contributed by atoms with E-state index in [0.717, 1.165) is 25.3 Å². The molecule has 26 heavy (non-hydrogen) atoms. The predicted molar refractivity (Wildman–Crippen MR) is 98.2 cm³/mol. The molecule has 5 heteroatoms. The lowest BCUT2D eigenvalue weighted by Gasteiger charge is -2.08. The SMILES string of the molecule is C=CC(=O)OCOc1ccc(C(=O)Oc2ccc(CCCC)cc2)cc1. The van der Waals surface area contributed by atoms with Crippen LogP contribution in [0.4, 0.5) is 0 Å². The number of carbonyl (C=O) groups is 2. The molecule has 0 aliphatic rings. The van der Waals surface area contributed by atoms with E-state index in [1.165, 1.54) is 5.56 Å². The molecule has 2 aromatic carbocycles. The Labute approximate surface area is 153 Å². The van der Waals surface area contributed by atoms with Crippen LogP contribution < -0.4 is 9.47 Å². The number of hydrogen-bond donors (Lipinski definition) is 0. The van der Waals surface area contributed by atoms with Crippen LogP contribution in [0.25, 0.3) is 0 Å². The van der Waals surface area contributed by atoms with Gasteiger partial charge < -0.3 is 14.2 Å². The maximum atomic E-state index is 12.2. The van der Waals surface area contributed by atoms with Gasteiger partial charge in [-0.25, -0.2) is 9.59 Å². The number of hydrogen-bond acceptors (Lipinski definition) is 5. The van der Waals surface area contributed by atoms with Gasteiger partial charge in [0.05, 0.1) is 5.56 Å². The highest BCUT2D eigenvalue weighted by atomic mass is 16.7. The normalized spacial score (nSPS) is 10.0. The van der Waals surface area contributed by atoms with E-state index in [4.69, 9.17) is 14.2 Å². The summed E-state index contributed by atoms with van der Waals surface area (Å²) in [5, 5.41) is 0. The Bertz CT molecular complexity index is 732. The molecule has 0 unspecified atom stereocenters. The lowest BCUT2D eigenvalue weighted by molar-refractivity contribution is -0.144. The zero-order chi connectivity index (χ0) is 18.8. The number of ether oxygens (including phenoxy) is 3. The van der Waals surface area contributed by atoms with Gasteiger partial charge in [-0.05, 0) is 54.8 Å². The van der Waals surface area contributed by atoms with Gasteiger partial charge in [0.2, 0.25) is 6.79 Å². The molecule has 0 aliphatic heterocycles. The lowest BCUT2D eigenvalue weighted by atomic mass is 10.1. The second kappa shape index (κ2) is 10.0. The molecule has 0 aliphatic carbocycles. The van der Waals surface area contributed by atoms with Crippen molar-refractivity contribution in [1.29, 1.82) is 0 Å². The average molecular weight is 354 g/mol. The first kappa shape index (κ1) is 19.2. The molecular weight excluding hydrogens is 332 g/mol. The maximum absolute atomic E-state index is 12.2. The zero-order valence-electron chi connectivity index (χ0n) is 14.8. The summed E-state index contributed by atoms with van der Waals surface area (Å²) in [7, 11) is 0. The first-order valence-electron chi connectivity index (χ1n) is 8.45. The molecule has 0 spiro atoms. The van der Waals surface area contributed by atoms with Crippen LogP contribution in [0.1, 0.15) is 35.7 Å². The van der Waals surface area contributed by atoms with E-state index in [1.54, 1.807) is 36.4 Å². The second-order valence-corrected chi connectivity index (χ2v) is 5.59. The summed E-state index contributed by atoms with van der Waals surface area (Å²) in [5.74, 6) is -0.0348. The molecule has 0 saturated heterocycles. The van der Waals surface area contributed by atoms with Crippen LogP contribution >= 0.6 is 0 Å². The van der Waals surface area contributed by atoms with Crippen molar-refractivity contribution in [2.45, 2.75) is 26.2 Å². The Balaban J connectivity index is 1.87. The van der Waals surface area contributed by atoms with E-state index in [9.17, 15) is 9.59 Å². The summed E-state index contributed by atoms with van der Waals surface area (Å²) in [6.07, 6.45) is 4.36. The number of benzene rings is 2. The van der Waals surface area contributed by atoms with Crippen LogP contribution in [0.5, 0.6) is 11.5 Å². The Kier molecular flexibility index (Phi) is 7.43. The summed E-state index contributed by atoms with van der Waals surface area (Å²) in [5.41, 5.74) is 1.63. The highest BCUT2D eigenvalue weighted by Crippen LogP contribution is 2.17. The summed E-state index contributed by atoms with van der Waals surface area (Å²) >= 11 is 0. The Morgan fingerprint density at radius 1 is 1.00 bits per heavy atom. The number of carbonyl (C=O) groups excluding carboxylic acids is 2. The molecule has 0 amide bonds. The molecule has 0 atom stereocenters. The van der Waals surface area contributed by atoms with Crippen molar-refractivity contribution in [3.63, 3.8) is 0 Å². The molecule has 136 valence electrons. The van der Waals surface area contributed by atoms with Gasteiger partial charge in [-0.15, -0.1) is 0 Å². The van der Waals surface area contributed by atoms with Crippen molar-refractivity contribution in [2.75, 3.05) is 6.79 Å². The largest absolute Gasteiger partial charge is 0.457 e. The maximum Gasteiger partial charge on any atom is 0.343 e. The summed E-state index contributed by atoms with van der Waals surface area (Å²) in [6, 6.07) is 13.9. The van der Waals surface area contributed by atoms with E-state index in [-0.39, 0.29) is 6.79 Å². The standard InChI is InChI=1S/C21H22O5/c1-3-5-6-16-7-11-19(12-8-16)26-21(23)17-9-13-18(14-10-17)24-15-25-20(22)4-2/h4,7-14H,2-3,5-6,15H2,1H3. The minimum Gasteiger partial charge on any atom is -0.457 e. The molecule has 0 N–H and O–H groups in total. The van der Waals surface area contributed by atoms with E-state index < -0.39 is 11.9 Å². The smallest absolute Gasteiger partial charge is 0.343 e. The van der Waals surface area contributed by atoms with Gasteiger partial charge in [0.15, 0.2) is 0 Å². The molecule has 0 radical (unpaired) electrons. The van der Waals surface area contributed by atoms with Gasteiger partial charge in [-0.3, -0.25) is 0 Å². The van der Waals surface area contributed by atoms with E-state index in [0.29, 0.717) is 17.1 Å². The molecule has 0 saturated carbocycles. The molecule has 2 aromatic rings. The van der Waals surface area contributed by atoms with Gasteiger partial charge in [-0.2, -0.15) is 0 Å². The van der Waals surface area contributed by atoms with Gasteiger partial charge in [0, 0.05) is 6.08 Å². The quantitative estimate of drug-likeness (QED) is 0.291. The molecule has 0 aromatic heterocycles. The molecule has 2 rings (SSSR count). The molecule has 5 nitrogen and oxygen atoms in total. The minimum atomic E-state index is -0.564. The third-order valence-electron chi connectivity index (χ3n) is 3.64. The van der Waals surface area contributed by atoms with Crippen LogP contribution in [0.3, 0.4) is 0 Å². The molecule has 0 fully saturated rings. The van der Waals surface area contributed by atoms with Crippen LogP contribution in [0.2, 0.25) is 0 Å².